The van der Waals surface area contributed by atoms with Gasteiger partial charge in [0.05, 0.1) is 0 Å². The van der Waals surface area contributed by atoms with Crippen molar-refractivity contribution in [2.24, 2.45) is 5.73 Å². The van der Waals surface area contributed by atoms with E-state index in [-0.39, 0.29) is 11.9 Å². The van der Waals surface area contributed by atoms with Crippen molar-refractivity contribution >= 4 is 18.0 Å². The average Bonchev–Trinajstić information content (AvgIpc) is 2.60. The van der Waals surface area contributed by atoms with Crippen LogP contribution in [0.2, 0.25) is 0 Å². The Kier molecular flexibility index (Phi) is 6.64. The van der Waals surface area contributed by atoms with Crippen molar-refractivity contribution in [3.8, 4) is 5.75 Å². The molecule has 2 rings (SSSR count). The van der Waals surface area contributed by atoms with Gasteiger partial charge in [-0.1, -0.05) is 6.07 Å². The van der Waals surface area contributed by atoms with Gasteiger partial charge in [0, 0.05) is 44.0 Å². The molecule has 2 amide bonds. The maximum atomic E-state index is 12.2. The summed E-state index contributed by atoms with van der Waals surface area (Å²) in [4.78, 5) is 25.1. The summed E-state index contributed by atoms with van der Waals surface area (Å²) >= 11 is 0. The van der Waals surface area contributed by atoms with E-state index in [1.165, 1.54) is 0 Å². The normalized spacial score (nSPS) is 17.7. The molecule has 25 heavy (non-hydrogen) atoms. The quantitative estimate of drug-likeness (QED) is 0.599. The predicted octanol–water partition coefficient (Wildman–Crippen LogP) is 0.634. The molecule has 1 heterocycles. The van der Waals surface area contributed by atoms with Gasteiger partial charge in [0.1, 0.15) is 5.75 Å². The Morgan fingerprint density at radius 1 is 1.48 bits per heavy atom. The monoisotopic (exact) mass is 348 g/mol. The number of ether oxygens (including phenoxy) is 1. The van der Waals surface area contributed by atoms with Gasteiger partial charge in [0.25, 0.3) is 5.91 Å². The third-order valence-electron chi connectivity index (χ3n) is 4.26. The van der Waals surface area contributed by atoms with E-state index >= 15 is 0 Å². The molecule has 1 saturated heterocycles. The highest BCUT2D eigenvalue weighted by Gasteiger charge is 2.29. The van der Waals surface area contributed by atoms with Crippen molar-refractivity contribution < 1.29 is 14.3 Å². The van der Waals surface area contributed by atoms with Crippen LogP contribution in [0.3, 0.4) is 0 Å². The van der Waals surface area contributed by atoms with Crippen LogP contribution in [0.4, 0.5) is 5.69 Å². The summed E-state index contributed by atoms with van der Waals surface area (Å²) in [7, 11) is 0. The third-order valence-corrected chi connectivity index (χ3v) is 4.26. The van der Waals surface area contributed by atoms with E-state index in [2.05, 4.69) is 15.5 Å². The van der Waals surface area contributed by atoms with Gasteiger partial charge >= 0.3 is 0 Å². The number of nitrogens with zero attached hydrogens (tertiary/aromatic N) is 1. The Morgan fingerprint density at radius 3 is 3.00 bits per heavy atom. The van der Waals surface area contributed by atoms with Crippen molar-refractivity contribution in [2.45, 2.75) is 38.3 Å². The van der Waals surface area contributed by atoms with Crippen LogP contribution >= 0.6 is 0 Å². The van der Waals surface area contributed by atoms with Crippen molar-refractivity contribution in [1.29, 1.82) is 0 Å². The molecule has 0 aromatic heterocycles. The van der Waals surface area contributed by atoms with E-state index in [0.29, 0.717) is 18.8 Å². The number of rotatable bonds is 8. The summed E-state index contributed by atoms with van der Waals surface area (Å²) in [6.45, 7) is 5.98. The van der Waals surface area contributed by atoms with Crippen molar-refractivity contribution in [3.05, 3.63) is 24.3 Å². The number of amides is 2. The van der Waals surface area contributed by atoms with Gasteiger partial charge in [-0.25, -0.2) is 0 Å². The zero-order chi connectivity index (χ0) is 18.3. The van der Waals surface area contributed by atoms with Crippen molar-refractivity contribution in [2.75, 3.05) is 31.1 Å². The predicted molar refractivity (Wildman–Crippen MR) is 97.6 cm³/mol. The maximum Gasteiger partial charge on any atom is 0.263 e. The number of carbonyl (C=O) groups excluding carboxylic acids is 2. The van der Waals surface area contributed by atoms with Crippen LogP contribution in [0, 0.1) is 0 Å². The topological polar surface area (TPSA) is 96.7 Å². The lowest BCUT2D eigenvalue weighted by atomic mass is 10.0. The van der Waals surface area contributed by atoms with Crippen LogP contribution in [0.1, 0.15) is 26.7 Å². The molecule has 0 unspecified atom stereocenters. The molecule has 138 valence electrons. The second-order valence-corrected chi connectivity index (χ2v) is 6.72. The van der Waals surface area contributed by atoms with Crippen LogP contribution in [-0.2, 0) is 9.59 Å². The Labute approximate surface area is 148 Å². The second-order valence-electron chi connectivity index (χ2n) is 6.72. The number of nitrogens with two attached hydrogens (primary N) is 1. The molecule has 1 aromatic carbocycles. The molecule has 0 aliphatic carbocycles. The minimum Gasteiger partial charge on any atom is -0.478 e. The standard InChI is InChI=1S/C18H28N4O3/c1-18(2,17(24)20-9-8-19)25-16-7-3-6-15(11-16)22-10-4-5-14(12-22)21-13-23/h3,6-7,11,13-14H,4-5,8-10,12,19H2,1-2H3,(H,20,24)(H,21,23)/t14-/m0/s1. The van der Waals surface area contributed by atoms with Gasteiger partial charge in [-0.2, -0.15) is 0 Å². The molecule has 0 radical (unpaired) electrons. The number of benzene rings is 1. The SMILES string of the molecule is CC(C)(Oc1cccc(N2CCC[C@H](NC=O)C2)c1)C(=O)NCCN. The fourth-order valence-corrected chi connectivity index (χ4v) is 2.93. The van der Waals surface area contributed by atoms with Crippen molar-refractivity contribution in [1.82, 2.24) is 10.6 Å². The molecule has 4 N–H and O–H groups in total. The summed E-state index contributed by atoms with van der Waals surface area (Å²) in [5.41, 5.74) is 5.45. The van der Waals surface area contributed by atoms with E-state index in [1.54, 1.807) is 13.8 Å². The Hall–Kier alpha value is -2.28. The summed E-state index contributed by atoms with van der Waals surface area (Å²) in [6.07, 6.45) is 2.76. The molecule has 0 spiro atoms. The van der Waals surface area contributed by atoms with Crippen LogP contribution in [-0.4, -0.2) is 50.1 Å². The molecule has 1 aromatic rings. The van der Waals surface area contributed by atoms with Crippen LogP contribution < -0.4 is 26.0 Å². The molecule has 1 fully saturated rings. The van der Waals surface area contributed by atoms with Crippen LogP contribution in [0.15, 0.2) is 24.3 Å². The van der Waals surface area contributed by atoms with E-state index in [1.807, 2.05) is 24.3 Å². The Bertz CT molecular complexity index is 591. The van der Waals surface area contributed by atoms with Gasteiger partial charge < -0.3 is 26.0 Å². The summed E-state index contributed by atoms with van der Waals surface area (Å²) in [6, 6.07) is 7.86. The fraction of sp³-hybridized carbons (Fsp3) is 0.556. The lowest BCUT2D eigenvalue weighted by Crippen LogP contribution is -2.47. The molecule has 7 nitrogen and oxygen atoms in total. The van der Waals surface area contributed by atoms with Crippen LogP contribution in [0.5, 0.6) is 5.75 Å². The second kappa shape index (κ2) is 8.71. The molecule has 1 aliphatic heterocycles. The molecule has 7 heteroatoms. The number of hydrogen-bond acceptors (Lipinski definition) is 5. The van der Waals surface area contributed by atoms with Crippen molar-refractivity contribution in [3.63, 3.8) is 0 Å². The highest BCUT2D eigenvalue weighted by atomic mass is 16.5. The van der Waals surface area contributed by atoms with Gasteiger partial charge in [-0.05, 0) is 38.8 Å². The molecule has 1 aliphatic rings. The van der Waals surface area contributed by atoms with Crippen LogP contribution in [0.25, 0.3) is 0 Å². The highest BCUT2D eigenvalue weighted by Crippen LogP contribution is 2.26. The van der Waals surface area contributed by atoms with E-state index in [9.17, 15) is 9.59 Å². The average molecular weight is 348 g/mol. The first-order valence-corrected chi connectivity index (χ1v) is 8.68. The smallest absolute Gasteiger partial charge is 0.263 e. The minimum absolute atomic E-state index is 0.161. The van der Waals surface area contributed by atoms with E-state index in [4.69, 9.17) is 10.5 Å². The largest absolute Gasteiger partial charge is 0.478 e. The highest BCUT2D eigenvalue weighted by molar-refractivity contribution is 5.84. The maximum absolute atomic E-state index is 12.2. The lowest BCUT2D eigenvalue weighted by Gasteiger charge is -2.34. The summed E-state index contributed by atoms with van der Waals surface area (Å²) in [5, 5.41) is 5.60. The Balaban J connectivity index is 2.05. The first-order valence-electron chi connectivity index (χ1n) is 8.68. The van der Waals surface area contributed by atoms with E-state index in [0.717, 1.165) is 38.0 Å². The van der Waals surface area contributed by atoms with Gasteiger partial charge in [0.2, 0.25) is 6.41 Å². The van der Waals surface area contributed by atoms with Gasteiger partial charge in [-0.15, -0.1) is 0 Å². The Morgan fingerprint density at radius 2 is 2.28 bits per heavy atom. The van der Waals surface area contributed by atoms with E-state index < -0.39 is 5.60 Å². The number of carbonyl (C=O) groups is 2. The number of piperidine rings is 1. The zero-order valence-electron chi connectivity index (χ0n) is 15.0. The fourth-order valence-electron chi connectivity index (χ4n) is 2.93. The summed E-state index contributed by atoms with van der Waals surface area (Å²) in [5.74, 6) is 0.437. The molecule has 0 bridgehead atoms. The number of nitrogens with one attached hydrogen (secondary N) is 2. The first kappa shape index (κ1) is 19.1. The lowest BCUT2D eigenvalue weighted by molar-refractivity contribution is -0.134. The number of hydrogen-bond donors (Lipinski definition) is 3. The molecule has 0 saturated carbocycles. The number of anilines is 1. The molecule has 1 atom stereocenters. The molecular formula is C18H28N4O3. The molecular weight excluding hydrogens is 320 g/mol. The first-order chi connectivity index (χ1) is 12.0. The summed E-state index contributed by atoms with van der Waals surface area (Å²) < 4.78 is 5.92. The third kappa shape index (κ3) is 5.35. The van der Waals surface area contributed by atoms with Gasteiger partial charge in [-0.3, -0.25) is 9.59 Å². The van der Waals surface area contributed by atoms with Gasteiger partial charge in [0.15, 0.2) is 5.60 Å². The minimum atomic E-state index is -0.989. The zero-order valence-corrected chi connectivity index (χ0v) is 15.0.